The highest BCUT2D eigenvalue weighted by Gasteiger charge is 2.32. The number of benzene rings is 2. The van der Waals surface area contributed by atoms with Crippen LogP contribution < -0.4 is 11.0 Å². The maximum Gasteiger partial charge on any atom is 0.417 e. The topological polar surface area (TPSA) is 83.0 Å². The van der Waals surface area contributed by atoms with Gasteiger partial charge in [-0.15, -0.1) is 10.2 Å². The molecular weight excluding hydrogens is 347 g/mol. The Balaban J connectivity index is 1.78. The van der Waals surface area contributed by atoms with Crippen molar-refractivity contribution in [2.24, 2.45) is 5.10 Å². The summed E-state index contributed by atoms with van der Waals surface area (Å²) in [6, 6.07) is 13.7. The predicted molar refractivity (Wildman–Crippen MR) is 90.7 cm³/mol. The molecule has 1 heterocycles. The Kier molecular flexibility index (Phi) is 4.78. The quantitative estimate of drug-likeness (QED) is 0.553. The smallest absolute Gasteiger partial charge is 0.288 e. The zero-order valence-corrected chi connectivity index (χ0v) is 13.2. The molecule has 0 fully saturated rings. The molecule has 2 N–H and O–H groups in total. The molecule has 0 unspecified atom stereocenters. The molecule has 0 spiro atoms. The maximum atomic E-state index is 12.9. The van der Waals surface area contributed by atoms with Crippen molar-refractivity contribution in [1.29, 1.82) is 0 Å². The zero-order valence-electron chi connectivity index (χ0n) is 13.2. The number of anilines is 1. The van der Waals surface area contributed by atoms with Gasteiger partial charge in [0, 0.05) is 11.1 Å². The molecule has 0 saturated heterocycles. The van der Waals surface area contributed by atoms with Gasteiger partial charge in [0.2, 0.25) is 5.95 Å². The number of nitrogens with zero attached hydrogens (tertiary/aromatic N) is 3. The Morgan fingerprint density at radius 3 is 2.38 bits per heavy atom. The van der Waals surface area contributed by atoms with Crippen LogP contribution in [-0.4, -0.2) is 21.4 Å². The fourth-order valence-electron chi connectivity index (χ4n) is 2.20. The molecule has 0 aliphatic heterocycles. The van der Waals surface area contributed by atoms with E-state index in [9.17, 15) is 18.0 Å². The van der Waals surface area contributed by atoms with Gasteiger partial charge in [0.1, 0.15) is 0 Å². The van der Waals surface area contributed by atoms with E-state index in [0.29, 0.717) is 5.56 Å². The number of rotatable bonds is 4. The molecule has 0 aliphatic rings. The van der Waals surface area contributed by atoms with Gasteiger partial charge < -0.3 is 0 Å². The Bertz CT molecular complexity index is 983. The molecule has 0 amide bonds. The number of hydrazone groups is 1. The summed E-state index contributed by atoms with van der Waals surface area (Å²) < 4.78 is 38.7. The van der Waals surface area contributed by atoms with Gasteiger partial charge in [-0.05, 0) is 6.07 Å². The minimum Gasteiger partial charge on any atom is -0.288 e. The highest BCUT2D eigenvalue weighted by Crippen LogP contribution is 2.31. The van der Waals surface area contributed by atoms with Crippen LogP contribution in [0.4, 0.5) is 19.1 Å². The number of H-pyrrole nitrogens is 1. The van der Waals surface area contributed by atoms with Gasteiger partial charge in [-0.1, -0.05) is 48.5 Å². The molecule has 0 radical (unpaired) electrons. The van der Waals surface area contributed by atoms with Crippen LogP contribution in [-0.2, 0) is 6.18 Å². The number of aromatic amines is 1. The molecule has 1 aromatic heterocycles. The van der Waals surface area contributed by atoms with Gasteiger partial charge in [0.25, 0.3) is 5.56 Å². The summed E-state index contributed by atoms with van der Waals surface area (Å²) in [4.78, 5) is 14.5. The summed E-state index contributed by atoms with van der Waals surface area (Å²) in [5.41, 5.74) is 1.65. The van der Waals surface area contributed by atoms with Crippen LogP contribution in [0.1, 0.15) is 11.1 Å². The van der Waals surface area contributed by atoms with E-state index >= 15 is 0 Å². The second-order valence-electron chi connectivity index (χ2n) is 5.17. The molecule has 6 nitrogen and oxygen atoms in total. The standard InChI is InChI=1S/C17H12F3N5O/c18-17(19,20)13-9-5-4-8-12(13)10-21-24-16-22-15(26)14(23-25-16)11-6-2-1-3-7-11/h1-10H,(H2,22,24,25,26)/b21-10+. The van der Waals surface area contributed by atoms with Crippen molar-refractivity contribution in [1.82, 2.24) is 15.2 Å². The molecule has 132 valence electrons. The van der Waals surface area contributed by atoms with Gasteiger partial charge in [-0.25, -0.2) is 5.43 Å². The van der Waals surface area contributed by atoms with Gasteiger partial charge >= 0.3 is 6.18 Å². The second kappa shape index (κ2) is 7.18. The molecule has 2 aromatic carbocycles. The fourth-order valence-corrected chi connectivity index (χ4v) is 2.20. The summed E-state index contributed by atoms with van der Waals surface area (Å²) in [6.07, 6.45) is -3.50. The molecule has 0 bridgehead atoms. The largest absolute Gasteiger partial charge is 0.417 e. The van der Waals surface area contributed by atoms with Gasteiger partial charge in [0.15, 0.2) is 5.69 Å². The Hall–Kier alpha value is -3.49. The van der Waals surface area contributed by atoms with Crippen LogP contribution in [0.15, 0.2) is 64.5 Å². The summed E-state index contributed by atoms with van der Waals surface area (Å²) in [7, 11) is 0. The first-order valence-corrected chi connectivity index (χ1v) is 7.43. The number of aromatic nitrogens is 3. The van der Waals surface area contributed by atoms with E-state index in [1.54, 1.807) is 30.3 Å². The molecule has 26 heavy (non-hydrogen) atoms. The van der Waals surface area contributed by atoms with Crippen LogP contribution >= 0.6 is 0 Å². The van der Waals surface area contributed by atoms with E-state index in [2.05, 4.69) is 25.7 Å². The average Bonchev–Trinajstić information content (AvgIpc) is 2.62. The highest BCUT2D eigenvalue weighted by atomic mass is 19.4. The first-order valence-electron chi connectivity index (χ1n) is 7.43. The zero-order chi connectivity index (χ0) is 18.6. The lowest BCUT2D eigenvalue weighted by atomic mass is 10.1. The van der Waals surface area contributed by atoms with Crippen molar-refractivity contribution in [2.75, 3.05) is 5.43 Å². The minimum absolute atomic E-state index is 0.0876. The number of halogens is 3. The first kappa shape index (κ1) is 17.3. The van der Waals surface area contributed by atoms with Crippen LogP contribution in [0, 0.1) is 0 Å². The molecule has 0 saturated carbocycles. The van der Waals surface area contributed by atoms with Crippen LogP contribution in [0.3, 0.4) is 0 Å². The van der Waals surface area contributed by atoms with Crippen molar-refractivity contribution in [3.63, 3.8) is 0 Å². The SMILES string of the molecule is O=c1[nH]c(N/N=C/c2ccccc2C(F)(F)F)nnc1-c1ccccc1. The van der Waals surface area contributed by atoms with Crippen molar-refractivity contribution in [3.8, 4) is 11.3 Å². The van der Waals surface area contributed by atoms with Crippen molar-refractivity contribution in [2.45, 2.75) is 6.18 Å². The maximum absolute atomic E-state index is 12.9. The summed E-state index contributed by atoms with van der Waals surface area (Å²) in [6.45, 7) is 0. The Morgan fingerprint density at radius 2 is 1.69 bits per heavy atom. The third-order valence-corrected chi connectivity index (χ3v) is 3.38. The number of hydrogen-bond acceptors (Lipinski definition) is 5. The average molecular weight is 359 g/mol. The number of nitrogens with one attached hydrogen (secondary N) is 2. The Morgan fingerprint density at radius 1 is 1.00 bits per heavy atom. The van der Waals surface area contributed by atoms with E-state index in [1.807, 2.05) is 0 Å². The second-order valence-corrected chi connectivity index (χ2v) is 5.17. The molecule has 0 atom stereocenters. The highest BCUT2D eigenvalue weighted by molar-refractivity contribution is 5.82. The van der Waals surface area contributed by atoms with Crippen LogP contribution in [0.5, 0.6) is 0 Å². The lowest BCUT2D eigenvalue weighted by Gasteiger charge is -2.09. The van der Waals surface area contributed by atoms with Gasteiger partial charge in [-0.2, -0.15) is 18.3 Å². The van der Waals surface area contributed by atoms with Gasteiger partial charge in [0.05, 0.1) is 11.8 Å². The normalized spacial score (nSPS) is 11.7. The van der Waals surface area contributed by atoms with E-state index < -0.39 is 17.3 Å². The van der Waals surface area contributed by atoms with E-state index in [4.69, 9.17) is 0 Å². The summed E-state index contributed by atoms with van der Waals surface area (Å²) in [5.74, 6) is -0.0876. The van der Waals surface area contributed by atoms with Crippen molar-refractivity contribution < 1.29 is 13.2 Å². The number of hydrogen-bond donors (Lipinski definition) is 2. The molecular formula is C17H12F3N5O. The fraction of sp³-hybridized carbons (Fsp3) is 0.0588. The summed E-state index contributed by atoms with van der Waals surface area (Å²) >= 11 is 0. The minimum atomic E-state index is -4.49. The van der Waals surface area contributed by atoms with Crippen LogP contribution in [0.2, 0.25) is 0 Å². The Labute approximate surface area is 145 Å². The summed E-state index contributed by atoms with van der Waals surface area (Å²) in [5, 5.41) is 11.3. The third-order valence-electron chi connectivity index (χ3n) is 3.38. The molecule has 3 aromatic rings. The molecule has 9 heteroatoms. The number of alkyl halides is 3. The lowest BCUT2D eigenvalue weighted by molar-refractivity contribution is -0.137. The lowest BCUT2D eigenvalue weighted by Crippen LogP contribution is -2.15. The molecule has 0 aliphatic carbocycles. The first-order chi connectivity index (χ1) is 12.4. The van der Waals surface area contributed by atoms with E-state index in [1.165, 1.54) is 18.2 Å². The van der Waals surface area contributed by atoms with E-state index in [0.717, 1.165) is 12.3 Å². The monoisotopic (exact) mass is 359 g/mol. The predicted octanol–water partition coefficient (Wildman–Crippen LogP) is 3.30. The van der Waals surface area contributed by atoms with Gasteiger partial charge in [-0.3, -0.25) is 9.78 Å². The van der Waals surface area contributed by atoms with Crippen molar-refractivity contribution in [3.05, 3.63) is 76.1 Å². The van der Waals surface area contributed by atoms with E-state index in [-0.39, 0.29) is 17.2 Å². The van der Waals surface area contributed by atoms with Crippen molar-refractivity contribution >= 4 is 12.2 Å². The molecule has 3 rings (SSSR count). The van der Waals surface area contributed by atoms with Crippen LogP contribution in [0.25, 0.3) is 11.3 Å². The third kappa shape index (κ3) is 3.94.